The van der Waals surface area contributed by atoms with Crippen LogP contribution in [0.3, 0.4) is 0 Å². The standard InChI is InChI=1S/C21H21N5O5/c1-24-8-10-25(11-9-24)21(30)31-16-5-2-14(3-6-16)19(27)22-15-4-7-18-23-17(20(28)29)13-26(18)12-15/h2-7,12-13H,8-11H2,1H3,(H,22,27)(H,28,29). The second-order valence-corrected chi connectivity index (χ2v) is 7.25. The van der Waals surface area contributed by atoms with Crippen LogP contribution >= 0.6 is 0 Å². The lowest BCUT2D eigenvalue weighted by Gasteiger charge is -2.31. The number of carbonyl (C=O) groups excluding carboxylic acids is 2. The first-order chi connectivity index (χ1) is 14.9. The van der Waals surface area contributed by atoms with Gasteiger partial charge in [0.2, 0.25) is 0 Å². The summed E-state index contributed by atoms with van der Waals surface area (Å²) in [5, 5.41) is 11.8. The van der Waals surface area contributed by atoms with Gasteiger partial charge in [-0.25, -0.2) is 14.6 Å². The molecule has 160 valence electrons. The number of carboxylic acids is 1. The number of imidazole rings is 1. The van der Waals surface area contributed by atoms with Crippen LogP contribution in [0.15, 0.2) is 48.8 Å². The minimum Gasteiger partial charge on any atom is -0.476 e. The fraction of sp³-hybridized carbons (Fsp3) is 0.238. The van der Waals surface area contributed by atoms with Gasteiger partial charge in [0.05, 0.1) is 5.69 Å². The number of rotatable bonds is 4. The summed E-state index contributed by atoms with van der Waals surface area (Å²) in [5.74, 6) is -1.11. The van der Waals surface area contributed by atoms with Crippen molar-refractivity contribution in [3.63, 3.8) is 0 Å². The van der Waals surface area contributed by atoms with Gasteiger partial charge >= 0.3 is 12.1 Å². The van der Waals surface area contributed by atoms with Gasteiger partial charge in [-0.2, -0.15) is 0 Å². The van der Waals surface area contributed by atoms with E-state index in [0.717, 1.165) is 13.1 Å². The van der Waals surface area contributed by atoms with Crippen molar-refractivity contribution in [2.45, 2.75) is 0 Å². The Morgan fingerprint density at radius 3 is 2.39 bits per heavy atom. The predicted octanol–water partition coefficient (Wildman–Crippen LogP) is 2.03. The number of pyridine rings is 1. The zero-order valence-corrected chi connectivity index (χ0v) is 16.8. The topological polar surface area (TPSA) is 116 Å². The lowest BCUT2D eigenvalue weighted by molar-refractivity contribution is 0.0691. The first-order valence-electron chi connectivity index (χ1n) is 9.68. The number of nitrogens with zero attached hydrogens (tertiary/aromatic N) is 4. The number of anilines is 1. The average Bonchev–Trinajstić information content (AvgIpc) is 3.18. The lowest BCUT2D eigenvalue weighted by Crippen LogP contribution is -2.48. The van der Waals surface area contributed by atoms with E-state index in [1.54, 1.807) is 47.5 Å². The van der Waals surface area contributed by atoms with E-state index in [4.69, 9.17) is 9.84 Å². The Labute approximate surface area is 177 Å². The third-order valence-electron chi connectivity index (χ3n) is 5.01. The molecule has 0 atom stereocenters. The number of aromatic nitrogens is 2. The second kappa shape index (κ2) is 8.44. The number of nitrogens with one attached hydrogen (secondary N) is 1. The maximum absolute atomic E-state index is 12.5. The molecule has 10 nitrogen and oxygen atoms in total. The summed E-state index contributed by atoms with van der Waals surface area (Å²) in [7, 11) is 2.01. The minimum absolute atomic E-state index is 0.0785. The van der Waals surface area contributed by atoms with E-state index in [0.29, 0.717) is 35.7 Å². The summed E-state index contributed by atoms with van der Waals surface area (Å²) in [5.41, 5.74) is 1.25. The molecule has 1 saturated heterocycles. The lowest BCUT2D eigenvalue weighted by atomic mass is 10.2. The Morgan fingerprint density at radius 2 is 1.71 bits per heavy atom. The largest absolute Gasteiger partial charge is 0.476 e. The number of likely N-dealkylation sites (N-methyl/N-ethyl adjacent to an activating group) is 1. The molecule has 0 aliphatic carbocycles. The Hall–Kier alpha value is -3.92. The third-order valence-corrected chi connectivity index (χ3v) is 5.01. The first-order valence-corrected chi connectivity index (χ1v) is 9.68. The summed E-state index contributed by atoms with van der Waals surface area (Å²) in [6.07, 6.45) is 2.55. The highest BCUT2D eigenvalue weighted by Gasteiger charge is 2.20. The number of aromatic carboxylic acids is 1. The van der Waals surface area contributed by atoms with Crippen LogP contribution in [0.1, 0.15) is 20.8 Å². The number of carboxylic acid groups (broad SMARTS) is 1. The molecule has 1 aromatic carbocycles. The fourth-order valence-electron chi connectivity index (χ4n) is 3.20. The number of ether oxygens (including phenoxy) is 1. The van der Waals surface area contributed by atoms with E-state index < -0.39 is 12.1 Å². The number of fused-ring (bicyclic) bond motifs is 1. The van der Waals surface area contributed by atoms with E-state index in [2.05, 4.69) is 15.2 Å². The van der Waals surface area contributed by atoms with Gasteiger partial charge in [-0.15, -0.1) is 0 Å². The van der Waals surface area contributed by atoms with E-state index in [9.17, 15) is 14.4 Å². The van der Waals surface area contributed by atoms with Crippen molar-refractivity contribution in [3.8, 4) is 5.75 Å². The minimum atomic E-state index is -1.12. The van der Waals surface area contributed by atoms with E-state index in [1.165, 1.54) is 10.6 Å². The normalized spacial score (nSPS) is 14.4. The van der Waals surface area contributed by atoms with Crippen LogP contribution in [0.2, 0.25) is 0 Å². The molecular weight excluding hydrogens is 402 g/mol. The molecule has 0 bridgehead atoms. The van der Waals surface area contributed by atoms with Crippen molar-refractivity contribution in [3.05, 3.63) is 60.0 Å². The zero-order chi connectivity index (χ0) is 22.0. The van der Waals surface area contributed by atoms with Crippen LogP contribution in [0.4, 0.5) is 10.5 Å². The molecule has 0 spiro atoms. The van der Waals surface area contributed by atoms with Crippen LogP contribution in [0, 0.1) is 0 Å². The number of carbonyl (C=O) groups is 3. The maximum Gasteiger partial charge on any atom is 0.415 e. The summed E-state index contributed by atoms with van der Waals surface area (Å²) in [6.45, 7) is 2.84. The number of hydrogen-bond donors (Lipinski definition) is 2. The number of amides is 2. The van der Waals surface area contributed by atoms with Crippen LogP contribution in [0.5, 0.6) is 5.75 Å². The van der Waals surface area contributed by atoms with Crippen LogP contribution in [0.25, 0.3) is 5.65 Å². The van der Waals surface area contributed by atoms with Crippen LogP contribution < -0.4 is 10.1 Å². The Balaban J connectivity index is 1.38. The van der Waals surface area contributed by atoms with Gasteiger partial charge in [0.1, 0.15) is 11.4 Å². The molecule has 3 aromatic rings. The highest BCUT2D eigenvalue weighted by atomic mass is 16.6. The second-order valence-electron chi connectivity index (χ2n) is 7.25. The molecule has 1 fully saturated rings. The van der Waals surface area contributed by atoms with Crippen molar-refractivity contribution in [1.82, 2.24) is 19.2 Å². The molecule has 2 N–H and O–H groups in total. The summed E-state index contributed by atoms with van der Waals surface area (Å²) in [4.78, 5) is 43.6. The van der Waals surface area contributed by atoms with Crippen molar-refractivity contribution >= 4 is 29.3 Å². The number of hydrogen-bond acceptors (Lipinski definition) is 6. The quantitative estimate of drug-likeness (QED) is 0.659. The molecule has 31 heavy (non-hydrogen) atoms. The highest BCUT2D eigenvalue weighted by molar-refractivity contribution is 6.04. The van der Waals surface area contributed by atoms with Crippen molar-refractivity contribution in [2.75, 3.05) is 38.5 Å². The molecule has 10 heteroatoms. The predicted molar refractivity (Wildman–Crippen MR) is 112 cm³/mol. The fourth-order valence-corrected chi connectivity index (χ4v) is 3.20. The maximum atomic E-state index is 12.5. The molecule has 0 radical (unpaired) electrons. The zero-order valence-electron chi connectivity index (χ0n) is 16.8. The van der Waals surface area contributed by atoms with E-state index >= 15 is 0 Å². The molecule has 4 rings (SSSR count). The third kappa shape index (κ3) is 4.64. The molecule has 2 amide bonds. The van der Waals surface area contributed by atoms with Gasteiger partial charge in [0, 0.05) is 44.1 Å². The van der Waals surface area contributed by atoms with Crippen LogP contribution in [-0.2, 0) is 0 Å². The van der Waals surface area contributed by atoms with Gasteiger partial charge in [0.15, 0.2) is 5.69 Å². The summed E-state index contributed by atoms with van der Waals surface area (Å²) in [6, 6.07) is 9.53. The molecule has 2 aromatic heterocycles. The van der Waals surface area contributed by atoms with Gasteiger partial charge in [-0.1, -0.05) is 0 Å². The molecule has 1 aliphatic heterocycles. The Kier molecular flexibility index (Phi) is 5.54. The first kappa shape index (κ1) is 20.4. The van der Waals surface area contributed by atoms with E-state index in [-0.39, 0.29) is 11.6 Å². The van der Waals surface area contributed by atoms with Gasteiger partial charge in [-0.05, 0) is 43.4 Å². The summed E-state index contributed by atoms with van der Waals surface area (Å²) >= 11 is 0. The smallest absolute Gasteiger partial charge is 0.415 e. The molecule has 3 heterocycles. The molecule has 1 aliphatic rings. The van der Waals surface area contributed by atoms with Gasteiger partial charge in [-0.3, -0.25) is 4.79 Å². The van der Waals surface area contributed by atoms with Crippen molar-refractivity contribution in [1.29, 1.82) is 0 Å². The SMILES string of the molecule is CN1CCN(C(=O)Oc2ccc(C(=O)Nc3ccc4nc(C(=O)O)cn4c3)cc2)CC1. The van der Waals surface area contributed by atoms with Gasteiger partial charge < -0.3 is 29.4 Å². The number of piperazine rings is 1. The monoisotopic (exact) mass is 423 g/mol. The van der Waals surface area contributed by atoms with Crippen molar-refractivity contribution < 1.29 is 24.2 Å². The summed E-state index contributed by atoms with van der Waals surface area (Å²) < 4.78 is 6.92. The molecular formula is C21H21N5O5. The van der Waals surface area contributed by atoms with Crippen LogP contribution in [-0.4, -0.2) is 75.5 Å². The highest BCUT2D eigenvalue weighted by Crippen LogP contribution is 2.17. The van der Waals surface area contributed by atoms with E-state index in [1.807, 2.05) is 7.05 Å². The van der Waals surface area contributed by atoms with Gasteiger partial charge in [0.25, 0.3) is 5.91 Å². The number of benzene rings is 1. The Bertz CT molecular complexity index is 1130. The van der Waals surface area contributed by atoms with Crippen molar-refractivity contribution in [2.24, 2.45) is 0 Å². The Morgan fingerprint density at radius 1 is 1.00 bits per heavy atom. The average molecular weight is 423 g/mol. The molecule has 0 saturated carbocycles. The molecule has 0 unspecified atom stereocenters.